The van der Waals surface area contributed by atoms with Crippen LogP contribution >= 0.6 is 12.9 Å². The number of aromatic amines is 1. The highest BCUT2D eigenvalue weighted by atomic mass is 32.1. The average molecular weight is 380 g/mol. The number of phenolic OH excluding ortho intramolecular Hbond substituents is 1. The van der Waals surface area contributed by atoms with Crippen molar-refractivity contribution in [2.75, 3.05) is 0 Å². The smallest absolute Gasteiger partial charge is 0.238 e. The summed E-state index contributed by atoms with van der Waals surface area (Å²) in [5.41, 5.74) is 0.124. The molecule has 0 aliphatic rings. The Hall–Kier alpha value is -3.86. The normalized spacial score (nSPS) is 9.89. The van der Waals surface area contributed by atoms with Crippen molar-refractivity contribution in [3.8, 4) is 23.6 Å². The van der Waals surface area contributed by atoms with Gasteiger partial charge in [-0.05, 0) is 34.7 Å². The number of nitriles is 2. The van der Waals surface area contributed by atoms with E-state index < -0.39 is 0 Å². The molecule has 0 saturated carbocycles. The van der Waals surface area contributed by atoms with Crippen molar-refractivity contribution in [1.82, 2.24) is 9.97 Å². The molecule has 0 radical (unpaired) electrons. The zero-order valence-electron chi connectivity index (χ0n) is 13.2. The Morgan fingerprint density at radius 1 is 1.15 bits per heavy atom. The molecule has 27 heavy (non-hydrogen) atoms. The van der Waals surface area contributed by atoms with Crippen LogP contribution < -0.4 is 4.89 Å². The quantitative estimate of drug-likeness (QED) is 0.202. The van der Waals surface area contributed by atoms with E-state index in [9.17, 15) is 5.11 Å². The summed E-state index contributed by atoms with van der Waals surface area (Å²) in [6, 6.07) is 13.9. The highest BCUT2D eigenvalue weighted by molar-refractivity contribution is 7.74. The predicted molar refractivity (Wildman–Crippen MR) is 94.6 cm³/mol. The molecule has 10 nitrogen and oxygen atoms in total. The maximum atomic E-state index is 10.1. The third-order valence-electron chi connectivity index (χ3n) is 3.33. The Labute approximate surface area is 157 Å². The molecule has 2 aromatic carbocycles. The van der Waals surface area contributed by atoms with E-state index in [1.807, 2.05) is 0 Å². The summed E-state index contributed by atoms with van der Waals surface area (Å²) in [6.45, 7) is 0. The van der Waals surface area contributed by atoms with Gasteiger partial charge in [0.2, 0.25) is 5.95 Å². The van der Waals surface area contributed by atoms with Crippen molar-refractivity contribution in [3.05, 3.63) is 41.7 Å². The summed E-state index contributed by atoms with van der Waals surface area (Å²) in [6.07, 6.45) is 0. The van der Waals surface area contributed by atoms with Gasteiger partial charge in [0.1, 0.15) is 29.6 Å². The maximum Gasteiger partial charge on any atom is 0.238 e. The molecule has 11 heteroatoms. The average Bonchev–Trinajstić information content (AvgIpc) is 3.10. The number of nitrogens with one attached hydrogen (secondary N) is 1. The van der Waals surface area contributed by atoms with E-state index in [0.717, 1.165) is 0 Å². The molecule has 0 aliphatic heterocycles. The van der Waals surface area contributed by atoms with Crippen LogP contribution in [0.2, 0.25) is 0 Å². The molecule has 0 unspecified atom stereocenters. The van der Waals surface area contributed by atoms with E-state index in [2.05, 4.69) is 48.2 Å². The fraction of sp³-hybridized carbons (Fsp3) is 0. The Balaban J connectivity index is 1.97. The second kappa shape index (κ2) is 8.01. The molecule has 2 N–H and O–H groups in total. The van der Waals surface area contributed by atoms with Gasteiger partial charge in [-0.15, -0.1) is 9.33 Å². The van der Waals surface area contributed by atoms with Gasteiger partial charge in [0.15, 0.2) is 17.1 Å². The number of imidazole rings is 1. The second-order valence-corrected chi connectivity index (χ2v) is 5.02. The number of H-pyrrole nitrogens is 1. The minimum Gasteiger partial charge on any atom is -0.506 e. The summed E-state index contributed by atoms with van der Waals surface area (Å²) >= 11 is 3.39. The van der Waals surface area contributed by atoms with Crippen LogP contribution in [-0.2, 0) is 9.37 Å². The van der Waals surface area contributed by atoms with Crippen molar-refractivity contribution in [1.29, 1.82) is 10.5 Å². The van der Waals surface area contributed by atoms with Crippen LogP contribution in [0, 0.1) is 22.7 Å². The van der Waals surface area contributed by atoms with Crippen molar-refractivity contribution < 1.29 is 19.4 Å². The number of aliphatic imine (C=N–C) groups is 2. The zero-order chi connectivity index (χ0) is 19.2. The van der Waals surface area contributed by atoms with Gasteiger partial charge in [0, 0.05) is 18.3 Å². The Kier molecular flexibility index (Phi) is 5.33. The van der Waals surface area contributed by atoms with Crippen LogP contribution in [0.4, 0.5) is 11.6 Å². The molecule has 0 bridgehead atoms. The number of nitrogens with zero attached hydrogens (tertiary/aromatic N) is 5. The summed E-state index contributed by atoms with van der Waals surface area (Å²) in [7, 11) is 0. The number of rotatable bonds is 5. The molecule has 0 aliphatic carbocycles. The van der Waals surface area contributed by atoms with Crippen molar-refractivity contribution in [2.45, 2.75) is 0 Å². The lowest BCUT2D eigenvalue weighted by Gasteiger charge is -2.05. The first-order chi connectivity index (χ1) is 13.2. The molecule has 0 atom stereocenters. The molecular weight excluding hydrogens is 372 g/mol. The topological polar surface area (TPSA) is 149 Å². The van der Waals surface area contributed by atoms with Gasteiger partial charge >= 0.3 is 0 Å². The summed E-state index contributed by atoms with van der Waals surface area (Å²) < 4.78 is 4.06. The Morgan fingerprint density at radius 3 is 2.70 bits per heavy atom. The molecule has 3 rings (SSSR count). The molecule has 0 amide bonds. The lowest BCUT2D eigenvalue weighted by molar-refractivity contribution is -0.402. The predicted octanol–water partition coefficient (Wildman–Crippen LogP) is 3.24. The molecule has 0 saturated heterocycles. The lowest BCUT2D eigenvalue weighted by Crippen LogP contribution is -1.92. The van der Waals surface area contributed by atoms with Crippen LogP contribution in [0.5, 0.6) is 11.5 Å². The Morgan fingerprint density at radius 2 is 2.00 bits per heavy atom. The maximum absolute atomic E-state index is 10.1. The van der Waals surface area contributed by atoms with Gasteiger partial charge in [-0.25, -0.2) is 0 Å². The van der Waals surface area contributed by atoms with Crippen LogP contribution in [0.15, 0.2) is 40.3 Å². The van der Waals surface area contributed by atoms with Gasteiger partial charge in [0.25, 0.3) is 0 Å². The van der Waals surface area contributed by atoms with Crippen molar-refractivity contribution >= 4 is 41.3 Å². The van der Waals surface area contributed by atoms with E-state index in [0.29, 0.717) is 16.5 Å². The standard InChI is InChI=1S/C16H8N6O4S/c17-6-12-13(7-18)22-16(21-12)20-8-19-15-11-3-2-10(24-25-26-27)5-9(11)1-4-14(15)23/h1-5,23,27H,(H,21,22). The second-order valence-electron chi connectivity index (χ2n) is 4.87. The van der Waals surface area contributed by atoms with E-state index in [-0.39, 0.29) is 28.8 Å². The third-order valence-corrected chi connectivity index (χ3v) is 3.39. The van der Waals surface area contributed by atoms with E-state index in [1.54, 1.807) is 36.4 Å². The molecule has 3 aromatic rings. The van der Waals surface area contributed by atoms with E-state index >= 15 is 0 Å². The number of aromatic nitrogens is 2. The van der Waals surface area contributed by atoms with Gasteiger partial charge in [-0.3, -0.25) is 0 Å². The van der Waals surface area contributed by atoms with E-state index in [4.69, 9.17) is 15.4 Å². The fourth-order valence-corrected chi connectivity index (χ4v) is 2.23. The van der Waals surface area contributed by atoms with Crippen LogP contribution in [0.3, 0.4) is 0 Å². The van der Waals surface area contributed by atoms with Crippen molar-refractivity contribution in [2.24, 2.45) is 9.98 Å². The SMILES string of the molecule is N#Cc1nc(N=C=Nc2c(O)ccc3cc(OOOS)ccc23)[nH]c1C#N. The van der Waals surface area contributed by atoms with E-state index in [1.165, 1.54) is 6.07 Å². The first-order valence-corrected chi connectivity index (χ1v) is 7.50. The Bertz CT molecular complexity index is 1120. The number of fused-ring (bicyclic) bond motifs is 1. The minimum atomic E-state index is -0.0938. The molecule has 1 heterocycles. The molecule has 0 spiro atoms. The fourth-order valence-electron chi connectivity index (χ4n) is 2.20. The van der Waals surface area contributed by atoms with Gasteiger partial charge in [-0.1, -0.05) is 6.07 Å². The molecule has 1 aromatic heterocycles. The largest absolute Gasteiger partial charge is 0.506 e. The lowest BCUT2D eigenvalue weighted by atomic mass is 10.1. The van der Waals surface area contributed by atoms with Gasteiger partial charge in [0.05, 0.1) is 0 Å². The van der Waals surface area contributed by atoms with Crippen LogP contribution in [0.25, 0.3) is 10.8 Å². The highest BCUT2D eigenvalue weighted by Crippen LogP contribution is 2.36. The van der Waals surface area contributed by atoms with Crippen LogP contribution in [-0.4, -0.2) is 21.1 Å². The van der Waals surface area contributed by atoms with Gasteiger partial charge in [-0.2, -0.15) is 20.5 Å². The monoisotopic (exact) mass is 380 g/mol. The number of thiol groups is 1. The number of hydrogen-bond donors (Lipinski definition) is 3. The van der Waals surface area contributed by atoms with Crippen molar-refractivity contribution in [3.63, 3.8) is 0 Å². The molecule has 0 fully saturated rings. The first kappa shape index (κ1) is 17.9. The summed E-state index contributed by atoms with van der Waals surface area (Å²) in [5, 5.41) is 33.4. The zero-order valence-corrected chi connectivity index (χ0v) is 14.1. The number of hydrogen-bond acceptors (Lipinski definition) is 10. The molecular formula is C16H8N6O4S. The first-order valence-electron chi connectivity index (χ1n) is 7.13. The highest BCUT2D eigenvalue weighted by Gasteiger charge is 2.09. The van der Waals surface area contributed by atoms with Crippen LogP contribution in [0.1, 0.15) is 11.4 Å². The molecule has 132 valence electrons. The number of aromatic hydroxyl groups is 1. The third kappa shape index (κ3) is 3.88. The van der Waals surface area contributed by atoms with Gasteiger partial charge < -0.3 is 15.0 Å². The summed E-state index contributed by atoms with van der Waals surface area (Å²) in [5.74, 6) is 0.240. The number of phenols is 1. The number of benzene rings is 2. The minimum absolute atomic E-state index is 0.00818. The summed E-state index contributed by atoms with van der Waals surface area (Å²) in [4.78, 5) is 19.0.